The predicted octanol–water partition coefficient (Wildman–Crippen LogP) is 1.98. The number of rotatable bonds is 4. The predicted molar refractivity (Wildman–Crippen MR) is 66.8 cm³/mol. The van der Waals surface area contributed by atoms with E-state index >= 15 is 0 Å². The highest BCUT2D eigenvalue weighted by Crippen LogP contribution is 2.26. The summed E-state index contributed by atoms with van der Waals surface area (Å²) in [6.07, 6.45) is -4.07. The monoisotopic (exact) mass is 391 g/mol. The van der Waals surface area contributed by atoms with Crippen LogP contribution < -0.4 is 10.3 Å². The van der Waals surface area contributed by atoms with Crippen LogP contribution in [0.2, 0.25) is 0 Å². The average molecular weight is 391 g/mol. The van der Waals surface area contributed by atoms with E-state index in [1.165, 1.54) is 22.6 Å². The second kappa shape index (κ2) is 6.26. The van der Waals surface area contributed by atoms with Crippen molar-refractivity contribution in [1.29, 1.82) is 0 Å². The molecule has 1 rings (SSSR count). The Morgan fingerprint density at radius 3 is 2.63 bits per heavy atom. The highest BCUT2D eigenvalue weighted by atomic mass is 127. The van der Waals surface area contributed by atoms with Crippen LogP contribution in [0.5, 0.6) is 5.75 Å². The van der Waals surface area contributed by atoms with Crippen molar-refractivity contribution in [2.75, 3.05) is 6.61 Å². The summed E-state index contributed by atoms with van der Waals surface area (Å²) in [7, 11) is 0. The van der Waals surface area contributed by atoms with Crippen LogP contribution in [0, 0.1) is 3.57 Å². The van der Waals surface area contributed by atoms with Gasteiger partial charge in [-0.3, -0.25) is 9.59 Å². The maximum absolute atomic E-state index is 12.1. The Labute approximate surface area is 119 Å². The van der Waals surface area contributed by atoms with Gasteiger partial charge in [-0.05, 0) is 35.1 Å². The zero-order chi connectivity index (χ0) is 14.6. The van der Waals surface area contributed by atoms with Crippen LogP contribution in [0.4, 0.5) is 13.2 Å². The molecular formula is C10H9F3INO4. The molecule has 0 fully saturated rings. The average Bonchev–Trinajstić information content (AvgIpc) is 2.27. The molecule has 1 aromatic heterocycles. The molecule has 0 aliphatic rings. The molecule has 1 heterocycles. The van der Waals surface area contributed by atoms with E-state index < -0.39 is 23.6 Å². The van der Waals surface area contributed by atoms with Crippen LogP contribution >= 0.6 is 22.6 Å². The lowest BCUT2D eigenvalue weighted by molar-refractivity contribution is -0.275. The number of halogens is 4. The van der Waals surface area contributed by atoms with Crippen molar-refractivity contribution >= 4 is 28.6 Å². The van der Waals surface area contributed by atoms with E-state index in [-0.39, 0.29) is 22.2 Å². The third-order valence-electron chi connectivity index (χ3n) is 1.92. The molecular weight excluding hydrogens is 382 g/mol. The van der Waals surface area contributed by atoms with Crippen LogP contribution in [0.3, 0.4) is 0 Å². The molecule has 1 N–H and O–H groups in total. The molecule has 0 aliphatic carbocycles. The summed E-state index contributed by atoms with van der Waals surface area (Å²) in [5.74, 6) is -1.49. The fraction of sp³-hybridized carbons (Fsp3) is 0.400. The standard InChI is InChI=1S/C10H9F3INO4/c1-2-18-6(16)3-5-4-15-9(17)8(7(5)14)19-10(11,12)13/h4H,2-3H2,1H3,(H,15,17). The molecule has 0 saturated carbocycles. The Balaban J connectivity index is 3.06. The number of H-pyrrole nitrogens is 1. The number of hydrogen-bond acceptors (Lipinski definition) is 4. The summed E-state index contributed by atoms with van der Waals surface area (Å²) >= 11 is 1.52. The van der Waals surface area contributed by atoms with Crippen LogP contribution in [0.15, 0.2) is 11.0 Å². The highest BCUT2D eigenvalue weighted by Gasteiger charge is 2.34. The van der Waals surface area contributed by atoms with Crippen LogP contribution in [0.1, 0.15) is 12.5 Å². The zero-order valence-electron chi connectivity index (χ0n) is 9.64. The number of carbonyl (C=O) groups excluding carboxylic acids is 1. The third kappa shape index (κ3) is 4.73. The fourth-order valence-electron chi connectivity index (χ4n) is 1.23. The van der Waals surface area contributed by atoms with Crippen LogP contribution in [0.25, 0.3) is 0 Å². The van der Waals surface area contributed by atoms with Gasteiger partial charge < -0.3 is 14.5 Å². The normalized spacial score (nSPS) is 11.2. The van der Waals surface area contributed by atoms with Crippen molar-refractivity contribution in [3.63, 3.8) is 0 Å². The van der Waals surface area contributed by atoms with E-state index in [0.29, 0.717) is 0 Å². The largest absolute Gasteiger partial charge is 0.573 e. The van der Waals surface area contributed by atoms with Gasteiger partial charge in [-0.1, -0.05) is 0 Å². The fourth-order valence-corrected chi connectivity index (χ4v) is 1.93. The van der Waals surface area contributed by atoms with Gasteiger partial charge in [0.2, 0.25) is 5.75 Å². The van der Waals surface area contributed by atoms with Crippen molar-refractivity contribution in [3.8, 4) is 5.75 Å². The Morgan fingerprint density at radius 2 is 2.11 bits per heavy atom. The first-order valence-corrected chi connectivity index (χ1v) is 6.14. The molecule has 19 heavy (non-hydrogen) atoms. The molecule has 0 aromatic carbocycles. The number of hydrogen-bond donors (Lipinski definition) is 1. The van der Waals surface area contributed by atoms with Gasteiger partial charge in [0, 0.05) is 6.20 Å². The van der Waals surface area contributed by atoms with E-state index in [4.69, 9.17) is 0 Å². The van der Waals surface area contributed by atoms with Gasteiger partial charge >= 0.3 is 12.3 Å². The van der Waals surface area contributed by atoms with Crippen LogP contribution in [-0.2, 0) is 16.0 Å². The van der Waals surface area contributed by atoms with Crippen molar-refractivity contribution in [2.24, 2.45) is 0 Å². The SMILES string of the molecule is CCOC(=O)Cc1c[nH]c(=O)c(OC(F)(F)F)c1I. The van der Waals surface area contributed by atoms with E-state index in [9.17, 15) is 22.8 Å². The van der Waals surface area contributed by atoms with E-state index in [0.717, 1.165) is 6.20 Å². The summed E-state index contributed by atoms with van der Waals surface area (Å²) in [4.78, 5) is 24.6. The molecule has 0 saturated heterocycles. The minimum Gasteiger partial charge on any atom is -0.466 e. The summed E-state index contributed by atoms with van der Waals surface area (Å²) in [5, 5.41) is 0. The van der Waals surface area contributed by atoms with Gasteiger partial charge in [0.1, 0.15) is 0 Å². The van der Waals surface area contributed by atoms with Gasteiger partial charge in [-0.25, -0.2) is 0 Å². The molecule has 0 radical (unpaired) electrons. The number of esters is 1. The Morgan fingerprint density at radius 1 is 1.47 bits per heavy atom. The number of alkyl halides is 3. The molecule has 106 valence electrons. The second-order valence-corrected chi connectivity index (χ2v) is 4.39. The molecule has 0 bridgehead atoms. The minimum atomic E-state index is -4.98. The number of aromatic nitrogens is 1. The smallest absolute Gasteiger partial charge is 0.466 e. The lowest BCUT2D eigenvalue weighted by Gasteiger charge is -2.11. The highest BCUT2D eigenvalue weighted by molar-refractivity contribution is 14.1. The summed E-state index contributed by atoms with van der Waals surface area (Å²) in [6.45, 7) is 1.76. The van der Waals surface area contributed by atoms with Gasteiger partial charge in [-0.2, -0.15) is 0 Å². The van der Waals surface area contributed by atoms with Gasteiger partial charge in [0.25, 0.3) is 5.56 Å². The van der Waals surface area contributed by atoms with Gasteiger partial charge in [-0.15, -0.1) is 13.2 Å². The van der Waals surface area contributed by atoms with E-state index in [1.54, 1.807) is 6.92 Å². The molecule has 0 aliphatic heterocycles. The third-order valence-corrected chi connectivity index (χ3v) is 3.11. The Bertz CT molecular complexity index is 526. The Hall–Kier alpha value is -1.26. The quantitative estimate of drug-likeness (QED) is 0.630. The molecule has 0 atom stereocenters. The van der Waals surface area contributed by atoms with Crippen molar-refractivity contribution in [3.05, 3.63) is 25.7 Å². The summed E-state index contributed by atoms with van der Waals surface area (Å²) in [6, 6.07) is 0. The topological polar surface area (TPSA) is 68.4 Å². The Kier molecular flexibility index (Phi) is 5.20. The van der Waals surface area contributed by atoms with Crippen molar-refractivity contribution < 1.29 is 27.4 Å². The number of aromatic amines is 1. The van der Waals surface area contributed by atoms with E-state index in [2.05, 4.69) is 14.5 Å². The molecule has 0 spiro atoms. The lowest BCUT2D eigenvalue weighted by Crippen LogP contribution is -2.24. The molecule has 0 amide bonds. The first-order valence-electron chi connectivity index (χ1n) is 5.06. The summed E-state index contributed by atoms with van der Waals surface area (Å²) < 4.78 is 44.7. The molecule has 1 aromatic rings. The molecule has 9 heteroatoms. The molecule has 0 unspecified atom stereocenters. The maximum Gasteiger partial charge on any atom is 0.573 e. The first-order chi connectivity index (χ1) is 8.74. The van der Waals surface area contributed by atoms with Crippen molar-refractivity contribution in [1.82, 2.24) is 4.98 Å². The summed E-state index contributed by atoms with van der Waals surface area (Å²) in [5.41, 5.74) is -0.827. The van der Waals surface area contributed by atoms with Crippen LogP contribution in [-0.4, -0.2) is 23.9 Å². The first kappa shape index (κ1) is 15.8. The van der Waals surface area contributed by atoms with Crippen molar-refractivity contribution in [2.45, 2.75) is 19.7 Å². The number of carbonyl (C=O) groups is 1. The van der Waals surface area contributed by atoms with Gasteiger partial charge in [0.15, 0.2) is 0 Å². The minimum absolute atomic E-state index is 0.0771. The maximum atomic E-state index is 12.1. The number of ether oxygens (including phenoxy) is 2. The lowest BCUT2D eigenvalue weighted by atomic mass is 10.2. The van der Waals surface area contributed by atoms with E-state index in [1.807, 2.05) is 0 Å². The van der Waals surface area contributed by atoms with Gasteiger partial charge in [0.05, 0.1) is 16.6 Å². The second-order valence-electron chi connectivity index (χ2n) is 3.32. The molecule has 5 nitrogen and oxygen atoms in total. The number of pyridine rings is 1. The number of nitrogens with one attached hydrogen (secondary N) is 1. The zero-order valence-corrected chi connectivity index (χ0v) is 11.8.